The number of aromatic nitrogens is 2. The van der Waals surface area contributed by atoms with Gasteiger partial charge in [0.25, 0.3) is 0 Å². The molecule has 1 aliphatic rings. The average Bonchev–Trinajstić information content (AvgIpc) is 3.23. The van der Waals surface area contributed by atoms with Gasteiger partial charge in [0.2, 0.25) is 11.9 Å². The average molecular weight is 446 g/mol. The Hall–Kier alpha value is -3.64. The number of aliphatic hydroxyl groups excluding tert-OH is 2. The lowest BCUT2D eigenvalue weighted by Crippen LogP contribution is -2.39. The molecule has 0 bridgehead atoms. The van der Waals surface area contributed by atoms with Gasteiger partial charge in [0, 0.05) is 17.8 Å². The van der Waals surface area contributed by atoms with Gasteiger partial charge < -0.3 is 24.6 Å². The zero-order valence-corrected chi connectivity index (χ0v) is 17.8. The molecule has 12 heteroatoms. The molecule has 3 unspecified atom stereocenters. The number of hydrogen-bond acceptors (Lipinski definition) is 10. The molecule has 0 amide bonds. The molecule has 2 heterocycles. The van der Waals surface area contributed by atoms with E-state index in [1.807, 2.05) is 35.6 Å². The van der Waals surface area contributed by atoms with Crippen molar-refractivity contribution in [3.8, 4) is 0 Å². The van der Waals surface area contributed by atoms with Gasteiger partial charge in [0.05, 0.1) is 26.5 Å². The fourth-order valence-electron chi connectivity index (χ4n) is 2.98. The van der Waals surface area contributed by atoms with Crippen molar-refractivity contribution in [1.29, 1.82) is 0 Å². The Labute approximate surface area is 183 Å². The van der Waals surface area contributed by atoms with Crippen molar-refractivity contribution in [2.75, 3.05) is 25.1 Å². The first-order chi connectivity index (χ1) is 15.2. The molecule has 2 N–H and O–H groups in total. The summed E-state index contributed by atoms with van der Waals surface area (Å²) < 4.78 is 13.2. The number of aryl methyl sites for hydroxylation is 2. The second-order valence-corrected chi connectivity index (χ2v) is 7.31. The molecule has 1 fully saturated rings. The van der Waals surface area contributed by atoms with Crippen LogP contribution in [0.2, 0.25) is 0 Å². The number of azo groups is 1. The third-order valence-corrected chi connectivity index (χ3v) is 4.84. The van der Waals surface area contributed by atoms with Crippen molar-refractivity contribution in [3.05, 3.63) is 36.7 Å². The van der Waals surface area contributed by atoms with Crippen LogP contribution in [-0.4, -0.2) is 71.0 Å². The van der Waals surface area contributed by atoms with Crippen molar-refractivity contribution in [3.63, 3.8) is 0 Å². The van der Waals surface area contributed by atoms with Gasteiger partial charge in [-0.2, -0.15) is 0 Å². The van der Waals surface area contributed by atoms with Gasteiger partial charge in [0.15, 0.2) is 6.10 Å². The van der Waals surface area contributed by atoms with Gasteiger partial charge in [-0.25, -0.2) is 13.9 Å². The Balaban J connectivity index is 1.50. The molecule has 1 aromatic heterocycles. The molecular formula is C20H24N5O7+. The van der Waals surface area contributed by atoms with E-state index in [-0.39, 0.29) is 6.54 Å². The minimum Gasteiger partial charge on any atom is -0.461 e. The number of imidazole rings is 1. The number of carbonyl (C=O) groups is 3. The summed E-state index contributed by atoms with van der Waals surface area (Å²) in [5, 5.41) is 27.6. The zero-order chi connectivity index (χ0) is 23.4. The van der Waals surface area contributed by atoms with Crippen LogP contribution in [0, 0.1) is 0 Å². The Morgan fingerprint density at radius 2 is 2.00 bits per heavy atom. The smallest absolute Gasteiger partial charge is 0.421 e. The van der Waals surface area contributed by atoms with Crippen molar-refractivity contribution in [2.45, 2.75) is 18.3 Å². The van der Waals surface area contributed by atoms with Gasteiger partial charge in [-0.05, 0) is 24.3 Å². The second-order valence-electron chi connectivity index (χ2n) is 7.31. The van der Waals surface area contributed by atoms with E-state index < -0.39 is 42.6 Å². The Morgan fingerprint density at radius 1 is 1.31 bits per heavy atom. The van der Waals surface area contributed by atoms with Crippen molar-refractivity contribution < 1.29 is 38.6 Å². The van der Waals surface area contributed by atoms with Crippen molar-refractivity contribution in [2.24, 2.45) is 24.3 Å². The summed E-state index contributed by atoms with van der Waals surface area (Å²) >= 11 is 0. The van der Waals surface area contributed by atoms with Crippen LogP contribution in [0.1, 0.15) is 0 Å². The predicted molar refractivity (Wildman–Crippen MR) is 108 cm³/mol. The van der Waals surface area contributed by atoms with Crippen LogP contribution < -0.4 is 9.47 Å². The Kier molecular flexibility index (Phi) is 6.95. The molecule has 3 atom stereocenters. The molecule has 1 aromatic carbocycles. The molecule has 2 aromatic rings. The maximum absolute atomic E-state index is 12.1. The predicted octanol–water partition coefficient (Wildman–Crippen LogP) is -0.539. The number of ketones is 1. The number of Topliss-reactive ketones (excluding diaryl/α,β-unsaturated/α-hetero) is 1. The summed E-state index contributed by atoms with van der Waals surface area (Å²) in [5.41, 5.74) is 1.35. The first-order valence-corrected chi connectivity index (χ1v) is 9.67. The van der Waals surface area contributed by atoms with Crippen LogP contribution in [0.4, 0.5) is 17.3 Å². The van der Waals surface area contributed by atoms with Gasteiger partial charge in [-0.1, -0.05) is 5.11 Å². The molecule has 170 valence electrons. The van der Waals surface area contributed by atoms with E-state index in [0.29, 0.717) is 17.3 Å². The molecule has 0 saturated carbocycles. The van der Waals surface area contributed by atoms with Crippen LogP contribution in [0.5, 0.6) is 0 Å². The topological polar surface area (TPSA) is 147 Å². The summed E-state index contributed by atoms with van der Waals surface area (Å²) in [6.07, 6.45) is -1.30. The fourth-order valence-corrected chi connectivity index (χ4v) is 2.98. The molecule has 0 radical (unpaired) electrons. The van der Waals surface area contributed by atoms with Crippen LogP contribution in [0.15, 0.2) is 46.9 Å². The highest BCUT2D eigenvalue weighted by Crippen LogP contribution is 2.21. The Morgan fingerprint density at radius 3 is 2.56 bits per heavy atom. The van der Waals surface area contributed by atoms with E-state index in [2.05, 4.69) is 15.0 Å². The SMILES string of the molecule is CN(CC(=O)OCC(O)C1OC(=O)C(O)C1=O)c1ccc(N=Nc2n(C)cc[n+]2C)cc1. The number of ether oxygens (including phenoxy) is 2. The van der Waals surface area contributed by atoms with E-state index in [0.717, 1.165) is 0 Å². The van der Waals surface area contributed by atoms with E-state index >= 15 is 0 Å². The highest BCUT2D eigenvalue weighted by molar-refractivity contribution is 6.09. The number of carbonyl (C=O) groups excluding carboxylic acids is 3. The van der Waals surface area contributed by atoms with Gasteiger partial charge >= 0.3 is 17.9 Å². The van der Waals surface area contributed by atoms with Crippen LogP contribution in [0.3, 0.4) is 0 Å². The molecule has 0 spiro atoms. The number of anilines is 1. The second kappa shape index (κ2) is 9.66. The van der Waals surface area contributed by atoms with Crippen LogP contribution >= 0.6 is 0 Å². The van der Waals surface area contributed by atoms with E-state index in [1.165, 1.54) is 0 Å². The summed E-state index contributed by atoms with van der Waals surface area (Å²) in [6.45, 7) is -0.688. The summed E-state index contributed by atoms with van der Waals surface area (Å²) in [7, 11) is 5.41. The molecule has 3 rings (SSSR count). The van der Waals surface area contributed by atoms with Crippen LogP contribution in [-0.2, 0) is 38.0 Å². The van der Waals surface area contributed by atoms with E-state index in [1.54, 1.807) is 36.2 Å². The molecule has 12 nitrogen and oxygen atoms in total. The number of esters is 2. The number of likely N-dealkylation sites (N-methyl/N-ethyl adjacent to an activating group) is 1. The fraction of sp³-hybridized carbons (Fsp3) is 0.400. The third kappa shape index (κ3) is 5.15. The first-order valence-electron chi connectivity index (χ1n) is 9.67. The molecule has 1 aliphatic heterocycles. The number of rotatable bonds is 8. The molecule has 0 aliphatic carbocycles. The van der Waals surface area contributed by atoms with Crippen LogP contribution in [0.25, 0.3) is 0 Å². The summed E-state index contributed by atoms with van der Waals surface area (Å²) in [5.74, 6) is -2.08. The van der Waals surface area contributed by atoms with Gasteiger partial charge in [-0.15, -0.1) is 0 Å². The zero-order valence-electron chi connectivity index (χ0n) is 17.8. The number of cyclic esters (lactones) is 1. The maximum Gasteiger partial charge on any atom is 0.421 e. The highest BCUT2D eigenvalue weighted by atomic mass is 16.6. The number of benzene rings is 1. The lowest BCUT2D eigenvalue weighted by Gasteiger charge is -2.20. The quantitative estimate of drug-likeness (QED) is 0.238. The number of aliphatic hydroxyl groups is 2. The maximum atomic E-state index is 12.1. The number of hydrogen-bond donors (Lipinski definition) is 2. The minimum absolute atomic E-state index is 0.131. The molecule has 32 heavy (non-hydrogen) atoms. The number of nitrogens with zero attached hydrogens (tertiary/aromatic N) is 5. The standard InChI is InChI=1S/C20H24N5O7/c1-23-8-9-24(2)20(23)22-21-12-4-6-13(7-5-12)25(3)10-15(27)31-11-14(26)18-16(28)17(29)19(30)32-18/h4-9,14,17-18,26,29H,10-11H2,1-3H3/q+1. The van der Waals surface area contributed by atoms with E-state index in [4.69, 9.17) is 4.74 Å². The van der Waals surface area contributed by atoms with Crippen molar-refractivity contribution >= 4 is 35.0 Å². The van der Waals surface area contributed by atoms with E-state index in [9.17, 15) is 24.6 Å². The summed E-state index contributed by atoms with van der Waals surface area (Å²) in [4.78, 5) is 36.5. The third-order valence-electron chi connectivity index (χ3n) is 4.84. The van der Waals surface area contributed by atoms with Gasteiger partial charge in [0.1, 0.15) is 24.9 Å². The lowest BCUT2D eigenvalue weighted by molar-refractivity contribution is -0.657. The monoisotopic (exact) mass is 446 g/mol. The minimum atomic E-state index is -1.92. The van der Waals surface area contributed by atoms with Gasteiger partial charge in [-0.3, -0.25) is 9.59 Å². The molecule has 1 saturated heterocycles. The van der Waals surface area contributed by atoms with Crippen molar-refractivity contribution in [1.82, 2.24) is 4.57 Å². The normalized spacial score (nSPS) is 19.3. The largest absolute Gasteiger partial charge is 0.461 e. The Bertz CT molecular complexity index is 1010. The molecular weight excluding hydrogens is 422 g/mol. The summed E-state index contributed by atoms with van der Waals surface area (Å²) in [6, 6.07) is 7.02. The first kappa shape index (κ1) is 23.0. The highest BCUT2D eigenvalue weighted by Gasteiger charge is 2.46. The lowest BCUT2D eigenvalue weighted by atomic mass is 10.1.